The highest BCUT2D eigenvalue weighted by Crippen LogP contribution is 2.24. The maximum absolute atomic E-state index is 9.65. The van der Waals surface area contributed by atoms with Crippen molar-refractivity contribution >= 4 is 0 Å². The first-order chi connectivity index (χ1) is 5.86. The minimum absolute atomic E-state index is 0.292. The molecular weight excluding hydrogens is 152 g/mol. The summed E-state index contributed by atoms with van der Waals surface area (Å²) in [6, 6.07) is 9.70. The molecule has 1 heterocycles. The van der Waals surface area contributed by atoms with E-state index >= 15 is 0 Å². The van der Waals surface area contributed by atoms with Gasteiger partial charge in [0.05, 0.1) is 18.8 Å². The fraction of sp³-hybridized carbons (Fsp3) is 0.400. The monoisotopic (exact) mass is 164 g/mol. The molecule has 0 spiro atoms. The Morgan fingerprint density at radius 1 is 1.42 bits per heavy atom. The molecule has 0 saturated carbocycles. The van der Waals surface area contributed by atoms with Crippen LogP contribution >= 0.6 is 0 Å². The number of aliphatic hydroxyl groups is 1. The SMILES string of the molecule is O[C@H](C[C@H]1CO1)c1ccccc1. The Bertz CT molecular complexity index is 241. The van der Waals surface area contributed by atoms with Crippen molar-refractivity contribution in [3.8, 4) is 0 Å². The van der Waals surface area contributed by atoms with E-state index in [4.69, 9.17) is 4.74 Å². The van der Waals surface area contributed by atoms with Gasteiger partial charge in [-0.2, -0.15) is 0 Å². The van der Waals surface area contributed by atoms with Crippen LogP contribution in [-0.2, 0) is 4.74 Å². The lowest BCUT2D eigenvalue weighted by Gasteiger charge is -2.07. The van der Waals surface area contributed by atoms with E-state index in [0.29, 0.717) is 6.10 Å². The third kappa shape index (κ3) is 1.84. The first-order valence-electron chi connectivity index (χ1n) is 4.21. The van der Waals surface area contributed by atoms with Gasteiger partial charge in [0, 0.05) is 6.42 Å². The Kier molecular flexibility index (Phi) is 2.11. The summed E-state index contributed by atoms with van der Waals surface area (Å²) < 4.78 is 5.04. The fourth-order valence-electron chi connectivity index (χ4n) is 1.26. The van der Waals surface area contributed by atoms with Crippen molar-refractivity contribution in [2.75, 3.05) is 6.61 Å². The zero-order valence-corrected chi connectivity index (χ0v) is 6.81. The quantitative estimate of drug-likeness (QED) is 0.687. The Labute approximate surface area is 71.8 Å². The van der Waals surface area contributed by atoms with Crippen LogP contribution in [0.4, 0.5) is 0 Å². The minimum atomic E-state index is -0.362. The third-order valence-electron chi connectivity index (χ3n) is 2.07. The average Bonchev–Trinajstić information content (AvgIpc) is 2.90. The second-order valence-electron chi connectivity index (χ2n) is 3.12. The summed E-state index contributed by atoms with van der Waals surface area (Å²) in [6.45, 7) is 0.809. The van der Waals surface area contributed by atoms with Crippen LogP contribution in [0.2, 0.25) is 0 Å². The summed E-state index contributed by atoms with van der Waals surface area (Å²) in [6.07, 6.45) is 0.656. The normalized spacial score (nSPS) is 23.6. The van der Waals surface area contributed by atoms with Gasteiger partial charge in [-0.1, -0.05) is 30.3 Å². The molecule has 2 atom stereocenters. The summed E-state index contributed by atoms with van der Waals surface area (Å²) in [5, 5.41) is 9.65. The third-order valence-corrected chi connectivity index (χ3v) is 2.07. The molecule has 0 aromatic heterocycles. The van der Waals surface area contributed by atoms with Gasteiger partial charge in [-0.25, -0.2) is 0 Å². The van der Waals surface area contributed by atoms with Gasteiger partial charge in [0.15, 0.2) is 0 Å². The van der Waals surface area contributed by atoms with Crippen molar-refractivity contribution in [2.45, 2.75) is 18.6 Å². The van der Waals surface area contributed by atoms with E-state index in [1.54, 1.807) is 0 Å². The summed E-state index contributed by atoms with van der Waals surface area (Å²) in [5.74, 6) is 0. The maximum Gasteiger partial charge on any atom is 0.0837 e. The highest BCUT2D eigenvalue weighted by molar-refractivity contribution is 5.17. The van der Waals surface area contributed by atoms with Crippen molar-refractivity contribution in [3.63, 3.8) is 0 Å². The summed E-state index contributed by atoms with van der Waals surface area (Å²) in [4.78, 5) is 0. The number of ether oxygens (including phenoxy) is 1. The largest absolute Gasteiger partial charge is 0.388 e. The van der Waals surface area contributed by atoms with Gasteiger partial charge >= 0.3 is 0 Å². The van der Waals surface area contributed by atoms with E-state index in [-0.39, 0.29) is 6.10 Å². The summed E-state index contributed by atoms with van der Waals surface area (Å²) in [5.41, 5.74) is 0.980. The predicted molar refractivity (Wildman–Crippen MR) is 45.8 cm³/mol. The van der Waals surface area contributed by atoms with Gasteiger partial charge < -0.3 is 9.84 Å². The molecule has 1 aromatic carbocycles. The number of hydrogen-bond donors (Lipinski definition) is 1. The molecule has 0 unspecified atom stereocenters. The highest BCUT2D eigenvalue weighted by Gasteiger charge is 2.26. The van der Waals surface area contributed by atoms with Crippen LogP contribution in [0, 0.1) is 0 Å². The van der Waals surface area contributed by atoms with Crippen molar-refractivity contribution in [1.29, 1.82) is 0 Å². The zero-order valence-electron chi connectivity index (χ0n) is 6.81. The van der Waals surface area contributed by atoms with Gasteiger partial charge in [0.25, 0.3) is 0 Å². The number of benzene rings is 1. The van der Waals surface area contributed by atoms with Gasteiger partial charge in [-0.15, -0.1) is 0 Å². The molecule has 0 amide bonds. The Morgan fingerprint density at radius 3 is 2.67 bits per heavy atom. The number of hydrogen-bond acceptors (Lipinski definition) is 2. The highest BCUT2D eigenvalue weighted by atomic mass is 16.6. The van der Waals surface area contributed by atoms with Gasteiger partial charge in [0.2, 0.25) is 0 Å². The second-order valence-corrected chi connectivity index (χ2v) is 3.12. The van der Waals surface area contributed by atoms with Crippen LogP contribution in [-0.4, -0.2) is 17.8 Å². The first-order valence-corrected chi connectivity index (χ1v) is 4.21. The van der Waals surface area contributed by atoms with E-state index in [1.165, 1.54) is 0 Å². The predicted octanol–water partition coefficient (Wildman–Crippen LogP) is 1.51. The molecule has 2 nitrogen and oxygen atoms in total. The van der Waals surface area contributed by atoms with Crippen LogP contribution in [0.15, 0.2) is 30.3 Å². The molecule has 0 aliphatic carbocycles. The van der Waals surface area contributed by atoms with E-state index in [0.717, 1.165) is 18.6 Å². The Balaban J connectivity index is 1.98. The molecule has 1 saturated heterocycles. The average molecular weight is 164 g/mol. The minimum Gasteiger partial charge on any atom is -0.388 e. The van der Waals surface area contributed by atoms with Crippen LogP contribution in [0.25, 0.3) is 0 Å². The molecule has 1 aromatic rings. The van der Waals surface area contributed by atoms with Crippen molar-refractivity contribution in [1.82, 2.24) is 0 Å². The van der Waals surface area contributed by atoms with Gasteiger partial charge in [-0.3, -0.25) is 0 Å². The molecule has 1 aliphatic rings. The maximum atomic E-state index is 9.65. The molecule has 1 N–H and O–H groups in total. The fourth-order valence-corrected chi connectivity index (χ4v) is 1.26. The Morgan fingerprint density at radius 2 is 2.08 bits per heavy atom. The van der Waals surface area contributed by atoms with E-state index < -0.39 is 0 Å². The van der Waals surface area contributed by atoms with E-state index in [2.05, 4.69) is 0 Å². The summed E-state index contributed by atoms with van der Waals surface area (Å²) >= 11 is 0. The van der Waals surface area contributed by atoms with E-state index in [9.17, 15) is 5.11 Å². The van der Waals surface area contributed by atoms with Gasteiger partial charge in [0.1, 0.15) is 0 Å². The van der Waals surface area contributed by atoms with Crippen molar-refractivity contribution in [3.05, 3.63) is 35.9 Å². The summed E-state index contributed by atoms with van der Waals surface area (Å²) in [7, 11) is 0. The molecule has 1 aliphatic heterocycles. The molecule has 2 heteroatoms. The lowest BCUT2D eigenvalue weighted by molar-refractivity contribution is 0.154. The van der Waals surface area contributed by atoms with Crippen molar-refractivity contribution in [2.24, 2.45) is 0 Å². The van der Waals surface area contributed by atoms with Crippen LogP contribution in [0.3, 0.4) is 0 Å². The van der Waals surface area contributed by atoms with E-state index in [1.807, 2.05) is 30.3 Å². The second kappa shape index (κ2) is 3.25. The topological polar surface area (TPSA) is 32.8 Å². The Hall–Kier alpha value is -0.860. The molecule has 2 rings (SSSR count). The zero-order chi connectivity index (χ0) is 8.39. The standard InChI is InChI=1S/C10H12O2/c11-10(6-9-7-12-9)8-4-2-1-3-5-8/h1-5,9-11H,6-7H2/t9-,10+/m0/s1. The number of rotatable bonds is 3. The molecule has 0 radical (unpaired) electrons. The first kappa shape index (κ1) is 7.77. The number of epoxide rings is 1. The van der Waals surface area contributed by atoms with Crippen LogP contribution < -0.4 is 0 Å². The van der Waals surface area contributed by atoms with Crippen molar-refractivity contribution < 1.29 is 9.84 Å². The van der Waals surface area contributed by atoms with Crippen LogP contribution in [0.1, 0.15) is 18.1 Å². The molecular formula is C10H12O2. The molecule has 1 fully saturated rings. The molecule has 64 valence electrons. The number of aliphatic hydroxyl groups excluding tert-OH is 1. The molecule has 12 heavy (non-hydrogen) atoms. The lowest BCUT2D eigenvalue weighted by atomic mass is 10.1. The van der Waals surface area contributed by atoms with Crippen LogP contribution in [0.5, 0.6) is 0 Å². The molecule has 0 bridgehead atoms. The smallest absolute Gasteiger partial charge is 0.0837 e. The van der Waals surface area contributed by atoms with Gasteiger partial charge in [-0.05, 0) is 5.56 Å². The lowest BCUT2D eigenvalue weighted by Crippen LogP contribution is -2.00.